The van der Waals surface area contributed by atoms with Crippen LogP contribution in [-0.2, 0) is 20.9 Å². The van der Waals surface area contributed by atoms with Crippen molar-refractivity contribution in [3.63, 3.8) is 0 Å². The van der Waals surface area contributed by atoms with Gasteiger partial charge in [-0.3, -0.25) is 4.79 Å². The lowest BCUT2D eigenvalue weighted by Crippen LogP contribution is -2.53. The first-order valence-corrected chi connectivity index (χ1v) is 7.76. The molecule has 3 heterocycles. The van der Waals surface area contributed by atoms with Crippen LogP contribution in [0.15, 0.2) is 4.52 Å². The molecule has 7 nitrogen and oxygen atoms in total. The Morgan fingerprint density at radius 1 is 1.45 bits per heavy atom. The van der Waals surface area contributed by atoms with Gasteiger partial charge in [-0.1, -0.05) is 5.16 Å². The Morgan fingerprint density at radius 2 is 2.23 bits per heavy atom. The van der Waals surface area contributed by atoms with Crippen LogP contribution in [0.4, 0.5) is 0 Å². The lowest BCUT2D eigenvalue weighted by Gasteiger charge is -2.37. The fourth-order valence-corrected chi connectivity index (χ4v) is 2.93. The van der Waals surface area contributed by atoms with Crippen molar-refractivity contribution in [2.75, 3.05) is 19.7 Å². The molecule has 2 fully saturated rings. The molecule has 0 spiro atoms. The van der Waals surface area contributed by atoms with E-state index < -0.39 is 0 Å². The van der Waals surface area contributed by atoms with Gasteiger partial charge in [0.1, 0.15) is 6.61 Å². The number of hydrogen-bond acceptors (Lipinski definition) is 6. The van der Waals surface area contributed by atoms with Gasteiger partial charge < -0.3 is 18.9 Å². The molecule has 2 aliphatic rings. The van der Waals surface area contributed by atoms with E-state index in [1.54, 1.807) is 11.8 Å². The van der Waals surface area contributed by atoms with Crippen molar-refractivity contribution in [3.05, 3.63) is 11.7 Å². The number of hydrogen-bond donors (Lipinski definition) is 0. The van der Waals surface area contributed by atoms with Crippen LogP contribution in [0.5, 0.6) is 0 Å². The maximum Gasteiger partial charge on any atom is 0.252 e. The average molecular weight is 309 g/mol. The van der Waals surface area contributed by atoms with Gasteiger partial charge in [-0.15, -0.1) is 0 Å². The molecule has 2 aliphatic heterocycles. The zero-order valence-electron chi connectivity index (χ0n) is 13.4. The van der Waals surface area contributed by atoms with E-state index in [0.717, 1.165) is 25.3 Å². The Balaban J connectivity index is 1.48. The molecule has 7 heteroatoms. The molecule has 0 aliphatic carbocycles. The summed E-state index contributed by atoms with van der Waals surface area (Å²) in [5.74, 6) is 1.61. The summed E-state index contributed by atoms with van der Waals surface area (Å²) in [7, 11) is 0. The fraction of sp³-hybridized carbons (Fsp3) is 0.800. The van der Waals surface area contributed by atoms with Gasteiger partial charge in [-0.05, 0) is 26.7 Å². The van der Waals surface area contributed by atoms with E-state index in [2.05, 4.69) is 24.0 Å². The molecular formula is C15H23N3O4. The van der Waals surface area contributed by atoms with Gasteiger partial charge in [-0.2, -0.15) is 4.98 Å². The molecule has 2 saturated heterocycles. The highest BCUT2D eigenvalue weighted by molar-refractivity contribution is 5.74. The molecule has 1 atom stereocenters. The molecule has 1 aromatic heterocycles. The number of rotatable bonds is 4. The maximum atomic E-state index is 11.1. The first-order chi connectivity index (χ1) is 10.4. The van der Waals surface area contributed by atoms with Crippen molar-refractivity contribution in [2.24, 2.45) is 0 Å². The van der Waals surface area contributed by atoms with E-state index in [1.165, 1.54) is 0 Å². The number of amides is 1. The third kappa shape index (κ3) is 3.47. The molecule has 0 N–H and O–H groups in total. The molecule has 122 valence electrons. The van der Waals surface area contributed by atoms with Crippen LogP contribution in [0.25, 0.3) is 0 Å². The van der Waals surface area contributed by atoms with Crippen LogP contribution >= 0.6 is 0 Å². The molecule has 0 saturated carbocycles. The van der Waals surface area contributed by atoms with Crippen molar-refractivity contribution in [1.82, 2.24) is 15.0 Å². The first kappa shape index (κ1) is 15.4. The second kappa shape index (κ2) is 5.96. The summed E-state index contributed by atoms with van der Waals surface area (Å²) in [5, 5.41) is 4.08. The van der Waals surface area contributed by atoms with E-state index in [0.29, 0.717) is 25.6 Å². The molecule has 1 amide bonds. The van der Waals surface area contributed by atoms with Gasteiger partial charge in [0.15, 0.2) is 5.82 Å². The number of ether oxygens (including phenoxy) is 2. The van der Waals surface area contributed by atoms with E-state index in [1.807, 2.05) is 0 Å². The molecule has 0 bridgehead atoms. The third-order valence-electron chi connectivity index (χ3n) is 4.28. The highest BCUT2D eigenvalue weighted by atomic mass is 16.5. The van der Waals surface area contributed by atoms with Crippen LogP contribution in [0, 0.1) is 0 Å². The third-order valence-corrected chi connectivity index (χ3v) is 4.28. The van der Waals surface area contributed by atoms with Crippen LogP contribution in [0.2, 0.25) is 0 Å². The second-order valence-electron chi connectivity index (χ2n) is 6.70. The predicted molar refractivity (Wildman–Crippen MR) is 77.1 cm³/mol. The molecule has 0 aromatic carbocycles. The number of carbonyl (C=O) groups is 1. The van der Waals surface area contributed by atoms with E-state index >= 15 is 0 Å². The van der Waals surface area contributed by atoms with Crippen molar-refractivity contribution >= 4 is 5.91 Å². The van der Waals surface area contributed by atoms with E-state index in [4.69, 9.17) is 14.0 Å². The highest BCUT2D eigenvalue weighted by Gasteiger charge is 2.33. The quantitative estimate of drug-likeness (QED) is 0.838. The molecular weight excluding hydrogens is 286 g/mol. The fourth-order valence-electron chi connectivity index (χ4n) is 2.93. The van der Waals surface area contributed by atoms with Gasteiger partial charge >= 0.3 is 0 Å². The van der Waals surface area contributed by atoms with Gasteiger partial charge in [0.25, 0.3) is 5.89 Å². The predicted octanol–water partition coefficient (Wildman–Crippen LogP) is 1.49. The smallest absolute Gasteiger partial charge is 0.252 e. The summed E-state index contributed by atoms with van der Waals surface area (Å²) >= 11 is 0. The second-order valence-corrected chi connectivity index (χ2v) is 6.70. The van der Waals surface area contributed by atoms with Crippen molar-refractivity contribution in [2.45, 2.75) is 57.8 Å². The standard InChI is InChI=1S/C15H23N3O4/c1-10(19)18-7-12(8-18)20-9-13-16-14(17-22-13)11-4-5-21-15(2,3)6-11/h11-12H,4-9H2,1-3H3. The molecule has 1 unspecified atom stereocenters. The lowest BCUT2D eigenvalue weighted by atomic mass is 9.88. The monoisotopic (exact) mass is 309 g/mol. The molecule has 0 radical (unpaired) electrons. The van der Waals surface area contributed by atoms with Gasteiger partial charge in [0.2, 0.25) is 5.91 Å². The number of likely N-dealkylation sites (tertiary alicyclic amines) is 1. The maximum absolute atomic E-state index is 11.1. The molecule has 22 heavy (non-hydrogen) atoms. The minimum absolute atomic E-state index is 0.0706. The van der Waals surface area contributed by atoms with Crippen molar-refractivity contribution in [1.29, 1.82) is 0 Å². The Labute approximate surface area is 129 Å². The van der Waals surface area contributed by atoms with Gasteiger partial charge in [0.05, 0.1) is 11.7 Å². The van der Waals surface area contributed by atoms with Gasteiger partial charge in [0, 0.05) is 32.5 Å². The number of carbonyl (C=O) groups excluding carboxylic acids is 1. The van der Waals surface area contributed by atoms with E-state index in [9.17, 15) is 4.79 Å². The number of nitrogens with zero attached hydrogens (tertiary/aromatic N) is 3. The summed E-state index contributed by atoms with van der Waals surface area (Å²) in [6.07, 6.45) is 1.88. The zero-order valence-corrected chi connectivity index (χ0v) is 13.4. The minimum Gasteiger partial charge on any atom is -0.376 e. The van der Waals surface area contributed by atoms with Gasteiger partial charge in [-0.25, -0.2) is 0 Å². The summed E-state index contributed by atoms with van der Waals surface area (Å²) in [6, 6.07) is 0. The van der Waals surface area contributed by atoms with Crippen LogP contribution in [0.3, 0.4) is 0 Å². The topological polar surface area (TPSA) is 77.7 Å². The highest BCUT2D eigenvalue weighted by Crippen LogP contribution is 2.34. The Kier molecular flexibility index (Phi) is 4.18. The van der Waals surface area contributed by atoms with Crippen LogP contribution in [0.1, 0.15) is 51.2 Å². The first-order valence-electron chi connectivity index (χ1n) is 7.76. The lowest BCUT2D eigenvalue weighted by molar-refractivity contribution is -0.144. The molecule has 3 rings (SSSR count). The summed E-state index contributed by atoms with van der Waals surface area (Å²) in [5.41, 5.74) is -0.137. The number of aromatic nitrogens is 2. The van der Waals surface area contributed by atoms with Crippen LogP contribution in [-0.4, -0.2) is 52.3 Å². The summed E-state index contributed by atoms with van der Waals surface area (Å²) < 4.78 is 16.7. The Hall–Kier alpha value is -1.47. The minimum atomic E-state index is -0.137. The van der Waals surface area contributed by atoms with Crippen molar-refractivity contribution < 1.29 is 18.8 Å². The molecule has 1 aromatic rings. The summed E-state index contributed by atoms with van der Waals surface area (Å²) in [4.78, 5) is 17.3. The van der Waals surface area contributed by atoms with E-state index in [-0.39, 0.29) is 23.5 Å². The Morgan fingerprint density at radius 3 is 2.91 bits per heavy atom. The SMILES string of the molecule is CC(=O)N1CC(OCc2nc(C3CCOC(C)(C)C3)no2)C1. The zero-order chi connectivity index (χ0) is 15.7. The van der Waals surface area contributed by atoms with Crippen LogP contribution < -0.4 is 0 Å². The van der Waals surface area contributed by atoms with Crippen molar-refractivity contribution in [3.8, 4) is 0 Å². The Bertz CT molecular complexity index is 537. The largest absolute Gasteiger partial charge is 0.376 e. The average Bonchev–Trinajstić information content (AvgIpc) is 2.84. The summed E-state index contributed by atoms with van der Waals surface area (Å²) in [6.45, 7) is 8.04. The normalized spacial score (nSPS) is 25.0.